The van der Waals surface area contributed by atoms with E-state index in [0.717, 1.165) is 5.39 Å². The van der Waals surface area contributed by atoms with Gasteiger partial charge in [0.05, 0.1) is 12.3 Å². The average molecular weight is 232 g/mol. The molecule has 2 aromatic rings. The summed E-state index contributed by atoms with van der Waals surface area (Å²) in [5, 5.41) is 0.753. The van der Waals surface area contributed by atoms with Crippen molar-refractivity contribution in [3.05, 3.63) is 29.8 Å². The summed E-state index contributed by atoms with van der Waals surface area (Å²) in [6.45, 7) is 2.36. The van der Waals surface area contributed by atoms with Crippen LogP contribution in [0, 0.1) is 0 Å². The minimum absolute atomic E-state index is 0.237. The molecule has 0 saturated carbocycles. The number of nitrogens with zero attached hydrogens (tertiary/aromatic N) is 3. The van der Waals surface area contributed by atoms with Crippen LogP contribution < -0.4 is 5.73 Å². The van der Waals surface area contributed by atoms with Gasteiger partial charge in [0, 0.05) is 11.9 Å². The highest BCUT2D eigenvalue weighted by Gasteiger charge is 2.10. The molecule has 0 aliphatic heterocycles. The van der Waals surface area contributed by atoms with Crippen LogP contribution in [0.2, 0.25) is 0 Å². The Kier molecular flexibility index (Phi) is 3.24. The summed E-state index contributed by atoms with van der Waals surface area (Å²) in [6, 6.07) is 3.32. The molecule has 0 saturated heterocycles. The highest BCUT2D eigenvalue weighted by atomic mass is 16.5. The first-order valence-corrected chi connectivity index (χ1v) is 5.24. The summed E-state index contributed by atoms with van der Waals surface area (Å²) < 4.78 is 4.86. The molecule has 2 rings (SSSR count). The number of rotatable bonds is 3. The van der Waals surface area contributed by atoms with Gasteiger partial charge in [0.15, 0.2) is 11.3 Å². The van der Waals surface area contributed by atoms with Gasteiger partial charge in [-0.25, -0.2) is 19.7 Å². The van der Waals surface area contributed by atoms with E-state index in [1.54, 1.807) is 19.1 Å². The van der Waals surface area contributed by atoms with Crippen LogP contribution in [0.4, 0.5) is 0 Å². The number of hydrogen-bond donors (Lipinski definition) is 1. The summed E-state index contributed by atoms with van der Waals surface area (Å²) in [5.74, 6) is -0.456. The third-order valence-corrected chi connectivity index (χ3v) is 2.26. The maximum atomic E-state index is 11.5. The Balaban J connectivity index is 2.48. The zero-order valence-electron chi connectivity index (χ0n) is 9.38. The Morgan fingerprint density at radius 3 is 2.94 bits per heavy atom. The lowest BCUT2D eigenvalue weighted by Crippen LogP contribution is -2.08. The van der Waals surface area contributed by atoms with E-state index >= 15 is 0 Å². The first-order chi connectivity index (χ1) is 8.26. The highest BCUT2D eigenvalue weighted by Crippen LogP contribution is 2.13. The van der Waals surface area contributed by atoms with Crippen LogP contribution in [0.15, 0.2) is 18.5 Å². The molecule has 0 fully saturated rings. The predicted molar refractivity (Wildman–Crippen MR) is 61.2 cm³/mol. The lowest BCUT2D eigenvalue weighted by atomic mass is 10.2. The van der Waals surface area contributed by atoms with Crippen LogP contribution in [0.3, 0.4) is 0 Å². The first kappa shape index (κ1) is 11.4. The van der Waals surface area contributed by atoms with E-state index in [4.69, 9.17) is 10.5 Å². The van der Waals surface area contributed by atoms with Gasteiger partial charge >= 0.3 is 5.97 Å². The van der Waals surface area contributed by atoms with E-state index in [9.17, 15) is 4.79 Å². The molecule has 0 amide bonds. The maximum Gasteiger partial charge on any atom is 0.357 e. The Morgan fingerprint density at radius 1 is 1.41 bits per heavy atom. The van der Waals surface area contributed by atoms with E-state index in [1.165, 1.54) is 6.33 Å². The monoisotopic (exact) mass is 232 g/mol. The molecule has 6 nitrogen and oxygen atoms in total. The standard InChI is InChI=1S/C11H12N4O2/c1-2-17-11(16)8-4-3-7-9(5-12)13-6-14-10(7)15-8/h3-4,6H,2,5,12H2,1H3. The van der Waals surface area contributed by atoms with Gasteiger partial charge in [0.25, 0.3) is 0 Å². The zero-order chi connectivity index (χ0) is 12.3. The van der Waals surface area contributed by atoms with Gasteiger partial charge in [-0.1, -0.05) is 0 Å². The van der Waals surface area contributed by atoms with Crippen LogP contribution in [0.25, 0.3) is 11.0 Å². The Bertz CT molecular complexity index is 556. The second-order valence-electron chi connectivity index (χ2n) is 3.31. The fourth-order valence-electron chi connectivity index (χ4n) is 1.48. The molecular formula is C11H12N4O2. The lowest BCUT2D eigenvalue weighted by Gasteiger charge is -2.04. The van der Waals surface area contributed by atoms with Crippen molar-refractivity contribution >= 4 is 17.0 Å². The topological polar surface area (TPSA) is 91.0 Å². The van der Waals surface area contributed by atoms with Crippen molar-refractivity contribution in [2.75, 3.05) is 6.61 Å². The van der Waals surface area contributed by atoms with Crippen molar-refractivity contribution in [1.29, 1.82) is 0 Å². The third-order valence-electron chi connectivity index (χ3n) is 2.26. The lowest BCUT2D eigenvalue weighted by molar-refractivity contribution is 0.0520. The molecule has 2 aromatic heterocycles. The third kappa shape index (κ3) is 2.21. The molecule has 2 N–H and O–H groups in total. The van der Waals surface area contributed by atoms with E-state index in [0.29, 0.717) is 24.5 Å². The number of nitrogens with two attached hydrogens (primary N) is 1. The Morgan fingerprint density at radius 2 is 2.24 bits per heavy atom. The molecule has 0 atom stereocenters. The summed E-state index contributed by atoms with van der Waals surface area (Å²) in [6.07, 6.45) is 1.38. The van der Waals surface area contributed by atoms with Crippen molar-refractivity contribution in [3.8, 4) is 0 Å². The molecule has 0 bridgehead atoms. The molecule has 17 heavy (non-hydrogen) atoms. The SMILES string of the molecule is CCOC(=O)c1ccc2c(CN)ncnc2n1. The minimum atomic E-state index is -0.456. The maximum absolute atomic E-state index is 11.5. The number of pyridine rings is 1. The molecule has 6 heteroatoms. The van der Waals surface area contributed by atoms with Gasteiger partial charge in [0.2, 0.25) is 0 Å². The van der Waals surface area contributed by atoms with Crippen molar-refractivity contribution in [2.45, 2.75) is 13.5 Å². The fourth-order valence-corrected chi connectivity index (χ4v) is 1.48. The fraction of sp³-hybridized carbons (Fsp3) is 0.273. The zero-order valence-corrected chi connectivity index (χ0v) is 9.38. The normalized spacial score (nSPS) is 10.5. The molecule has 88 valence electrons. The first-order valence-electron chi connectivity index (χ1n) is 5.24. The van der Waals surface area contributed by atoms with E-state index in [2.05, 4.69) is 15.0 Å². The number of fused-ring (bicyclic) bond motifs is 1. The summed E-state index contributed by atoms with van der Waals surface area (Å²) in [7, 11) is 0. The summed E-state index contributed by atoms with van der Waals surface area (Å²) >= 11 is 0. The number of ether oxygens (including phenoxy) is 1. The molecular weight excluding hydrogens is 220 g/mol. The van der Waals surface area contributed by atoms with Crippen molar-refractivity contribution in [1.82, 2.24) is 15.0 Å². The molecule has 0 aliphatic rings. The van der Waals surface area contributed by atoms with Crippen LogP contribution in [0.1, 0.15) is 23.1 Å². The summed E-state index contributed by atoms with van der Waals surface area (Å²) in [5.41, 5.74) is 6.95. The molecule has 0 spiro atoms. The minimum Gasteiger partial charge on any atom is -0.461 e. The number of esters is 1. The number of aromatic nitrogens is 3. The second kappa shape index (κ2) is 4.84. The van der Waals surface area contributed by atoms with Crippen molar-refractivity contribution in [3.63, 3.8) is 0 Å². The Labute approximate surface area is 97.8 Å². The van der Waals surface area contributed by atoms with Crippen LogP contribution >= 0.6 is 0 Å². The largest absolute Gasteiger partial charge is 0.461 e. The van der Waals surface area contributed by atoms with Gasteiger partial charge < -0.3 is 10.5 Å². The average Bonchev–Trinajstić information content (AvgIpc) is 2.37. The van der Waals surface area contributed by atoms with Gasteiger partial charge in [-0.3, -0.25) is 0 Å². The molecule has 2 heterocycles. The Hall–Kier alpha value is -2.08. The highest BCUT2D eigenvalue weighted by molar-refractivity contribution is 5.90. The van der Waals surface area contributed by atoms with Crippen molar-refractivity contribution in [2.24, 2.45) is 5.73 Å². The number of hydrogen-bond acceptors (Lipinski definition) is 6. The van der Waals surface area contributed by atoms with E-state index in [-0.39, 0.29) is 5.69 Å². The van der Waals surface area contributed by atoms with Gasteiger partial charge in [-0.05, 0) is 19.1 Å². The predicted octanol–water partition coefficient (Wildman–Crippen LogP) is 0.660. The van der Waals surface area contributed by atoms with E-state index < -0.39 is 5.97 Å². The smallest absolute Gasteiger partial charge is 0.357 e. The summed E-state index contributed by atoms with van der Waals surface area (Å²) in [4.78, 5) is 23.7. The van der Waals surface area contributed by atoms with Crippen LogP contribution in [0.5, 0.6) is 0 Å². The molecule has 0 aromatic carbocycles. The van der Waals surface area contributed by atoms with Gasteiger partial charge in [-0.15, -0.1) is 0 Å². The van der Waals surface area contributed by atoms with E-state index in [1.807, 2.05) is 0 Å². The molecule has 0 aliphatic carbocycles. The quantitative estimate of drug-likeness (QED) is 0.782. The van der Waals surface area contributed by atoms with Crippen LogP contribution in [-0.2, 0) is 11.3 Å². The van der Waals surface area contributed by atoms with Crippen molar-refractivity contribution < 1.29 is 9.53 Å². The van der Waals surface area contributed by atoms with Crippen LogP contribution in [-0.4, -0.2) is 27.5 Å². The second-order valence-corrected chi connectivity index (χ2v) is 3.31. The number of carbonyl (C=O) groups is 1. The molecule has 0 radical (unpaired) electrons. The number of carbonyl (C=O) groups excluding carboxylic acids is 1. The van der Waals surface area contributed by atoms with Gasteiger partial charge in [0.1, 0.15) is 6.33 Å². The molecule has 0 unspecified atom stereocenters. The van der Waals surface area contributed by atoms with Gasteiger partial charge in [-0.2, -0.15) is 0 Å².